The molecule has 1 aliphatic rings. The van der Waals surface area contributed by atoms with E-state index in [1.54, 1.807) is 0 Å². The van der Waals surface area contributed by atoms with E-state index in [2.05, 4.69) is 26.8 Å². The first kappa shape index (κ1) is 14.4. The number of nitrogens with one attached hydrogen (secondary N) is 2. The summed E-state index contributed by atoms with van der Waals surface area (Å²) in [7, 11) is 0. The van der Waals surface area contributed by atoms with E-state index < -0.39 is 0 Å². The molecule has 1 saturated carbocycles. The van der Waals surface area contributed by atoms with E-state index in [9.17, 15) is 4.79 Å². The fraction of sp³-hybridized carbons (Fsp3) is 0.769. The number of unbranched alkanes of at least 4 members (excludes halogenated alkanes) is 3. The second-order valence-corrected chi connectivity index (χ2v) is 5.97. The van der Waals surface area contributed by atoms with Crippen LogP contribution in [0.15, 0.2) is 0 Å². The summed E-state index contributed by atoms with van der Waals surface area (Å²) >= 11 is 1.89. The molecule has 0 radical (unpaired) electrons. The third-order valence-electron chi connectivity index (χ3n) is 3.23. The van der Waals surface area contributed by atoms with Crippen molar-refractivity contribution in [2.45, 2.75) is 44.4 Å². The van der Waals surface area contributed by atoms with E-state index in [1.807, 2.05) is 11.8 Å². The summed E-state index contributed by atoms with van der Waals surface area (Å²) in [6.07, 6.45) is 9.15. The Bertz CT molecular complexity index is 403. The summed E-state index contributed by atoms with van der Waals surface area (Å²) in [6.45, 7) is 0.714. The first-order valence-corrected chi connectivity index (χ1v) is 8.40. The number of nitrogens with zero attached hydrogens (tertiary/aromatic N) is 2. The third kappa shape index (κ3) is 4.86. The molecule has 0 saturated heterocycles. The molecular weight excluding hydrogens is 260 g/mol. The van der Waals surface area contributed by atoms with Gasteiger partial charge in [-0.1, -0.05) is 12.8 Å². The number of hydrogen-bond donors (Lipinski definition) is 2. The Hall–Kier alpha value is -1.04. The number of carbonyl (C=O) groups excluding carboxylic acids is 1. The lowest BCUT2D eigenvalue weighted by molar-refractivity contribution is 0.0943. The predicted octanol–water partition coefficient (Wildman–Crippen LogP) is 2.34. The zero-order valence-corrected chi connectivity index (χ0v) is 12.3. The fourth-order valence-electron chi connectivity index (χ4n) is 1.92. The van der Waals surface area contributed by atoms with Crippen molar-refractivity contribution in [2.24, 2.45) is 0 Å². The lowest BCUT2D eigenvalue weighted by Crippen LogP contribution is -2.25. The van der Waals surface area contributed by atoms with E-state index >= 15 is 0 Å². The van der Waals surface area contributed by atoms with Crippen molar-refractivity contribution in [1.29, 1.82) is 0 Å². The Balaban J connectivity index is 1.58. The topological polar surface area (TPSA) is 70.7 Å². The molecule has 5 nitrogen and oxygen atoms in total. The van der Waals surface area contributed by atoms with Crippen LogP contribution in [0.3, 0.4) is 0 Å². The summed E-state index contributed by atoms with van der Waals surface area (Å²) < 4.78 is 0. The Morgan fingerprint density at radius 2 is 2.16 bits per heavy atom. The molecule has 1 aromatic heterocycles. The van der Waals surface area contributed by atoms with Gasteiger partial charge in [0.15, 0.2) is 0 Å². The number of H-pyrrole nitrogens is 1. The van der Waals surface area contributed by atoms with Crippen molar-refractivity contribution in [1.82, 2.24) is 20.5 Å². The van der Waals surface area contributed by atoms with Gasteiger partial charge in [-0.2, -0.15) is 11.8 Å². The molecule has 2 N–H and O–H groups in total. The van der Waals surface area contributed by atoms with Crippen LogP contribution in [0.2, 0.25) is 0 Å². The zero-order chi connectivity index (χ0) is 13.5. The number of aromatic nitrogens is 3. The number of rotatable bonds is 9. The minimum Gasteiger partial charge on any atom is -0.349 e. The maximum absolute atomic E-state index is 11.8. The van der Waals surface area contributed by atoms with Crippen molar-refractivity contribution in [3.05, 3.63) is 11.6 Å². The Morgan fingerprint density at radius 3 is 2.89 bits per heavy atom. The molecule has 0 atom stereocenters. The minimum atomic E-state index is -0.160. The summed E-state index contributed by atoms with van der Waals surface area (Å²) in [6, 6.07) is 0. The fourth-order valence-corrected chi connectivity index (χ4v) is 2.41. The summed E-state index contributed by atoms with van der Waals surface area (Å²) in [5.41, 5.74) is 0. The van der Waals surface area contributed by atoms with E-state index in [4.69, 9.17) is 0 Å². The molecule has 1 fully saturated rings. The van der Waals surface area contributed by atoms with E-state index in [-0.39, 0.29) is 11.7 Å². The van der Waals surface area contributed by atoms with Crippen molar-refractivity contribution < 1.29 is 4.79 Å². The molecule has 0 aromatic carbocycles. The molecule has 1 aromatic rings. The Kier molecular flexibility index (Phi) is 5.69. The van der Waals surface area contributed by atoms with Crippen molar-refractivity contribution in [3.63, 3.8) is 0 Å². The minimum absolute atomic E-state index is 0.160. The van der Waals surface area contributed by atoms with Gasteiger partial charge in [-0.15, -0.1) is 5.10 Å². The normalized spacial score (nSPS) is 14.6. The van der Waals surface area contributed by atoms with Crippen LogP contribution in [0, 0.1) is 0 Å². The van der Waals surface area contributed by atoms with Crippen molar-refractivity contribution in [2.75, 3.05) is 18.6 Å². The quantitative estimate of drug-likeness (QED) is 0.682. The highest BCUT2D eigenvalue weighted by Gasteiger charge is 2.28. The van der Waals surface area contributed by atoms with E-state index in [1.165, 1.54) is 25.0 Å². The molecule has 19 heavy (non-hydrogen) atoms. The Labute approximate surface area is 118 Å². The number of hydrogen-bond acceptors (Lipinski definition) is 4. The maximum atomic E-state index is 11.8. The van der Waals surface area contributed by atoms with Crippen molar-refractivity contribution >= 4 is 17.7 Å². The Morgan fingerprint density at radius 1 is 1.37 bits per heavy atom. The first-order chi connectivity index (χ1) is 9.31. The van der Waals surface area contributed by atoms with E-state index in [0.717, 1.165) is 25.1 Å². The second-order valence-electron chi connectivity index (χ2n) is 4.98. The van der Waals surface area contributed by atoms with Crippen LogP contribution in [0.5, 0.6) is 0 Å². The molecule has 1 amide bonds. The number of aromatic amines is 1. The zero-order valence-electron chi connectivity index (χ0n) is 11.4. The highest BCUT2D eigenvalue weighted by Crippen LogP contribution is 2.37. The lowest BCUT2D eigenvalue weighted by Gasteiger charge is -2.02. The number of carbonyl (C=O) groups is 1. The second kappa shape index (κ2) is 7.53. The van der Waals surface area contributed by atoms with Gasteiger partial charge >= 0.3 is 0 Å². The van der Waals surface area contributed by atoms with Crippen LogP contribution in [0.4, 0.5) is 0 Å². The lowest BCUT2D eigenvalue weighted by atomic mass is 10.2. The monoisotopic (exact) mass is 282 g/mol. The van der Waals surface area contributed by atoms with Crippen LogP contribution >= 0.6 is 11.8 Å². The van der Waals surface area contributed by atoms with Crippen LogP contribution in [-0.2, 0) is 0 Å². The average Bonchev–Trinajstić information content (AvgIpc) is 3.15. The molecule has 0 bridgehead atoms. The van der Waals surface area contributed by atoms with Gasteiger partial charge in [0, 0.05) is 12.5 Å². The molecule has 1 aliphatic carbocycles. The summed E-state index contributed by atoms with van der Waals surface area (Å²) in [5, 5.41) is 9.69. The molecule has 0 aliphatic heterocycles. The smallest absolute Gasteiger partial charge is 0.290 e. The molecule has 6 heteroatoms. The molecular formula is C13H22N4OS. The molecule has 2 rings (SSSR count). The molecule has 0 unspecified atom stereocenters. The van der Waals surface area contributed by atoms with Crippen LogP contribution in [0.25, 0.3) is 0 Å². The molecule has 0 spiro atoms. The first-order valence-electron chi connectivity index (χ1n) is 7.00. The highest BCUT2D eigenvalue weighted by molar-refractivity contribution is 7.98. The van der Waals surface area contributed by atoms with Crippen molar-refractivity contribution in [3.8, 4) is 0 Å². The van der Waals surface area contributed by atoms with Crippen LogP contribution in [-0.4, -0.2) is 39.6 Å². The number of thioether (sulfide) groups is 1. The SMILES string of the molecule is CSCCCCCCNC(=O)c1n[nH]c(C2CC2)n1. The van der Waals surface area contributed by atoms with Gasteiger partial charge in [-0.25, -0.2) is 4.98 Å². The summed E-state index contributed by atoms with van der Waals surface area (Å²) in [5.74, 6) is 2.72. The predicted molar refractivity (Wildman–Crippen MR) is 77.5 cm³/mol. The van der Waals surface area contributed by atoms with Gasteiger partial charge in [0.1, 0.15) is 5.82 Å². The van der Waals surface area contributed by atoms with Gasteiger partial charge < -0.3 is 5.32 Å². The molecule has 1 heterocycles. The number of amides is 1. The van der Waals surface area contributed by atoms with Gasteiger partial charge in [0.2, 0.25) is 5.82 Å². The van der Waals surface area contributed by atoms with E-state index in [0.29, 0.717) is 12.5 Å². The van der Waals surface area contributed by atoms with Gasteiger partial charge in [-0.05, 0) is 37.7 Å². The highest BCUT2D eigenvalue weighted by atomic mass is 32.2. The van der Waals surface area contributed by atoms with Crippen LogP contribution < -0.4 is 5.32 Å². The van der Waals surface area contributed by atoms with Gasteiger partial charge in [-0.3, -0.25) is 9.89 Å². The average molecular weight is 282 g/mol. The van der Waals surface area contributed by atoms with Gasteiger partial charge in [0.05, 0.1) is 0 Å². The summed E-state index contributed by atoms with van der Waals surface area (Å²) in [4.78, 5) is 16.0. The largest absolute Gasteiger partial charge is 0.349 e. The molecule has 106 valence electrons. The standard InChI is InChI=1S/C13H22N4OS/c1-19-9-5-3-2-4-8-14-13(18)12-15-11(16-17-12)10-6-7-10/h10H,2-9H2,1H3,(H,14,18)(H,15,16,17). The van der Waals surface area contributed by atoms with Crippen LogP contribution in [0.1, 0.15) is 60.9 Å². The van der Waals surface area contributed by atoms with Gasteiger partial charge in [0.25, 0.3) is 5.91 Å². The maximum Gasteiger partial charge on any atom is 0.290 e. The third-order valence-corrected chi connectivity index (χ3v) is 3.93.